The molecular weight excluding hydrogens is 325 g/mol. The van der Waals surface area contributed by atoms with E-state index >= 15 is 0 Å². The number of hydrogen-bond acceptors (Lipinski definition) is 2. The zero-order chi connectivity index (χ0) is 16.8. The molecule has 1 aromatic carbocycles. The molecule has 0 aromatic heterocycles. The van der Waals surface area contributed by atoms with E-state index in [-0.39, 0.29) is 5.82 Å². The molecule has 0 saturated carbocycles. The fraction of sp³-hybridized carbons (Fsp3) is 0.632. The Hall–Kier alpha value is -0.610. The predicted molar refractivity (Wildman–Crippen MR) is 107 cm³/mol. The Morgan fingerprint density at radius 2 is 1.43 bits per heavy atom. The highest BCUT2D eigenvalue weighted by molar-refractivity contribution is 8.23. The van der Waals surface area contributed by atoms with E-state index in [0.717, 1.165) is 15.8 Å². The molecule has 0 aliphatic heterocycles. The number of nitrogens with one attached hydrogen (secondary N) is 1. The van der Waals surface area contributed by atoms with Crippen LogP contribution >= 0.6 is 24.0 Å². The number of thioether (sulfide) groups is 1. The molecule has 0 radical (unpaired) electrons. The lowest BCUT2D eigenvalue weighted by molar-refractivity contribution is 0.563. The topological polar surface area (TPSA) is 12.0 Å². The molecule has 1 N–H and O–H groups in total. The van der Waals surface area contributed by atoms with E-state index in [9.17, 15) is 4.39 Å². The molecule has 0 saturated heterocycles. The number of thiocarbonyl (C=S) groups is 1. The third kappa shape index (κ3) is 11.5. The van der Waals surface area contributed by atoms with Crippen LogP contribution in [0.1, 0.15) is 71.1 Å². The third-order valence-corrected chi connectivity index (χ3v) is 5.13. The number of anilines is 1. The fourth-order valence-corrected chi connectivity index (χ4v) is 3.53. The maximum absolute atomic E-state index is 12.8. The fourth-order valence-electron chi connectivity index (χ4n) is 2.44. The molecule has 0 heterocycles. The maximum Gasteiger partial charge on any atom is 0.138 e. The first-order valence-corrected chi connectivity index (χ1v) is 10.3. The van der Waals surface area contributed by atoms with Crippen molar-refractivity contribution in [1.82, 2.24) is 0 Å². The van der Waals surface area contributed by atoms with E-state index < -0.39 is 0 Å². The molecule has 1 nitrogen and oxygen atoms in total. The highest BCUT2D eigenvalue weighted by Gasteiger charge is 2.00. The summed E-state index contributed by atoms with van der Waals surface area (Å²) in [5.41, 5.74) is 0.854. The van der Waals surface area contributed by atoms with Crippen molar-refractivity contribution < 1.29 is 4.39 Å². The summed E-state index contributed by atoms with van der Waals surface area (Å²) in [5, 5.41) is 3.13. The molecule has 0 aliphatic rings. The van der Waals surface area contributed by atoms with Gasteiger partial charge in [0.1, 0.15) is 10.1 Å². The zero-order valence-corrected chi connectivity index (χ0v) is 15.9. The van der Waals surface area contributed by atoms with Gasteiger partial charge in [-0.1, -0.05) is 88.7 Å². The summed E-state index contributed by atoms with van der Waals surface area (Å²) in [6, 6.07) is 6.31. The average Bonchev–Trinajstić information content (AvgIpc) is 2.55. The monoisotopic (exact) mass is 355 g/mol. The van der Waals surface area contributed by atoms with Crippen molar-refractivity contribution in [3.8, 4) is 0 Å². The van der Waals surface area contributed by atoms with Gasteiger partial charge in [0, 0.05) is 11.4 Å². The van der Waals surface area contributed by atoms with Crippen LogP contribution in [0.4, 0.5) is 10.1 Å². The Morgan fingerprint density at radius 1 is 0.913 bits per heavy atom. The van der Waals surface area contributed by atoms with E-state index in [1.807, 2.05) is 0 Å². The van der Waals surface area contributed by atoms with Crippen LogP contribution < -0.4 is 5.32 Å². The molecule has 0 amide bonds. The second kappa shape index (κ2) is 13.8. The van der Waals surface area contributed by atoms with E-state index in [4.69, 9.17) is 12.2 Å². The summed E-state index contributed by atoms with van der Waals surface area (Å²) in [4.78, 5) is 0. The Bertz CT molecular complexity index is 420. The van der Waals surface area contributed by atoms with E-state index in [0.29, 0.717) is 0 Å². The van der Waals surface area contributed by atoms with Gasteiger partial charge < -0.3 is 5.32 Å². The Labute approximate surface area is 150 Å². The van der Waals surface area contributed by atoms with Crippen LogP contribution in [0.25, 0.3) is 0 Å². The van der Waals surface area contributed by atoms with Gasteiger partial charge in [-0.05, 0) is 30.7 Å². The largest absolute Gasteiger partial charge is 0.341 e. The van der Waals surface area contributed by atoms with Crippen molar-refractivity contribution >= 4 is 34.0 Å². The molecule has 0 atom stereocenters. The summed E-state index contributed by atoms with van der Waals surface area (Å²) in [6.45, 7) is 2.26. The van der Waals surface area contributed by atoms with Crippen molar-refractivity contribution in [3.63, 3.8) is 0 Å². The minimum atomic E-state index is -0.223. The molecule has 4 heteroatoms. The van der Waals surface area contributed by atoms with E-state index in [1.54, 1.807) is 23.9 Å². The van der Waals surface area contributed by atoms with Crippen molar-refractivity contribution in [2.24, 2.45) is 0 Å². The van der Waals surface area contributed by atoms with Gasteiger partial charge in [0.15, 0.2) is 0 Å². The van der Waals surface area contributed by atoms with E-state index in [2.05, 4.69) is 12.2 Å². The van der Waals surface area contributed by atoms with Gasteiger partial charge in [0.25, 0.3) is 0 Å². The van der Waals surface area contributed by atoms with Crippen molar-refractivity contribution in [2.75, 3.05) is 11.1 Å². The molecule has 0 unspecified atom stereocenters. The summed E-state index contributed by atoms with van der Waals surface area (Å²) in [7, 11) is 0. The number of benzene rings is 1. The van der Waals surface area contributed by atoms with Gasteiger partial charge in [-0.2, -0.15) is 0 Å². The van der Waals surface area contributed by atoms with Gasteiger partial charge in [0.2, 0.25) is 0 Å². The third-order valence-electron chi connectivity index (χ3n) is 3.82. The second-order valence-corrected chi connectivity index (χ2v) is 7.72. The Balaban J connectivity index is 1.90. The van der Waals surface area contributed by atoms with Crippen LogP contribution in [0.3, 0.4) is 0 Å². The number of halogens is 1. The lowest BCUT2D eigenvalue weighted by atomic mass is 10.1. The second-order valence-electron chi connectivity index (χ2n) is 5.95. The molecule has 0 bridgehead atoms. The van der Waals surface area contributed by atoms with Crippen LogP contribution in [0.15, 0.2) is 24.3 Å². The van der Waals surface area contributed by atoms with Crippen molar-refractivity contribution in [1.29, 1.82) is 0 Å². The SMILES string of the molecule is CCCCCCCCCCCCSC(=S)Nc1ccc(F)cc1. The van der Waals surface area contributed by atoms with Crippen LogP contribution in [-0.4, -0.2) is 10.1 Å². The standard InChI is InChI=1S/C19H30FNS2/c1-2-3-4-5-6-7-8-9-10-11-16-23-19(22)21-18-14-12-17(20)13-15-18/h12-15H,2-11,16H2,1H3,(H,21,22). The smallest absolute Gasteiger partial charge is 0.138 e. The first kappa shape index (κ1) is 20.4. The van der Waals surface area contributed by atoms with Gasteiger partial charge in [-0.15, -0.1) is 0 Å². The van der Waals surface area contributed by atoms with Gasteiger partial charge in [0.05, 0.1) is 0 Å². The minimum Gasteiger partial charge on any atom is -0.341 e. The first-order valence-electron chi connectivity index (χ1n) is 8.91. The molecular formula is C19H30FNS2. The zero-order valence-electron chi connectivity index (χ0n) is 14.3. The van der Waals surface area contributed by atoms with Gasteiger partial charge in [-0.25, -0.2) is 4.39 Å². The highest BCUT2D eigenvalue weighted by Crippen LogP contribution is 2.15. The number of rotatable bonds is 12. The Morgan fingerprint density at radius 3 is 2.00 bits per heavy atom. The summed E-state index contributed by atoms with van der Waals surface area (Å²) in [6.07, 6.45) is 13.5. The van der Waals surface area contributed by atoms with Crippen molar-refractivity contribution in [2.45, 2.75) is 71.1 Å². The average molecular weight is 356 g/mol. The maximum atomic E-state index is 12.8. The van der Waals surface area contributed by atoms with Crippen LogP contribution in [-0.2, 0) is 0 Å². The van der Waals surface area contributed by atoms with Gasteiger partial charge >= 0.3 is 0 Å². The summed E-state index contributed by atoms with van der Waals surface area (Å²) in [5.74, 6) is 0.836. The molecule has 130 valence electrons. The molecule has 1 aromatic rings. The lowest BCUT2D eigenvalue weighted by Gasteiger charge is -2.07. The quantitative estimate of drug-likeness (QED) is 0.315. The highest BCUT2D eigenvalue weighted by atomic mass is 32.2. The minimum absolute atomic E-state index is 0.223. The van der Waals surface area contributed by atoms with Crippen molar-refractivity contribution in [3.05, 3.63) is 30.1 Å². The van der Waals surface area contributed by atoms with Gasteiger partial charge in [-0.3, -0.25) is 0 Å². The molecule has 0 aliphatic carbocycles. The molecule has 1 rings (SSSR count). The predicted octanol–water partition coefficient (Wildman–Crippen LogP) is 7.18. The molecule has 0 fully saturated rings. The lowest BCUT2D eigenvalue weighted by Crippen LogP contribution is -2.05. The number of unbranched alkanes of at least 4 members (excludes halogenated alkanes) is 9. The van der Waals surface area contributed by atoms with Crippen LogP contribution in [0.2, 0.25) is 0 Å². The van der Waals surface area contributed by atoms with E-state index in [1.165, 1.54) is 76.3 Å². The normalized spacial score (nSPS) is 10.7. The molecule has 0 spiro atoms. The number of hydrogen-bond donors (Lipinski definition) is 1. The summed E-state index contributed by atoms with van der Waals surface area (Å²) >= 11 is 6.98. The van der Waals surface area contributed by atoms with Crippen LogP contribution in [0.5, 0.6) is 0 Å². The van der Waals surface area contributed by atoms with Crippen LogP contribution in [0, 0.1) is 5.82 Å². The summed E-state index contributed by atoms with van der Waals surface area (Å²) < 4.78 is 13.6. The Kier molecular flexibility index (Phi) is 12.3. The first-order chi connectivity index (χ1) is 11.2. The molecule has 23 heavy (non-hydrogen) atoms.